The van der Waals surface area contributed by atoms with Crippen molar-refractivity contribution in [1.82, 2.24) is 10.3 Å². The first-order chi connectivity index (χ1) is 14.1. The first kappa shape index (κ1) is 20.7. The van der Waals surface area contributed by atoms with Gasteiger partial charge in [-0.05, 0) is 30.7 Å². The number of esters is 1. The van der Waals surface area contributed by atoms with Gasteiger partial charge < -0.3 is 19.4 Å². The van der Waals surface area contributed by atoms with Gasteiger partial charge in [-0.1, -0.05) is 42.1 Å². The molecule has 3 aromatic rings. The molecular weight excluding hydrogens is 390 g/mol. The van der Waals surface area contributed by atoms with Crippen LogP contribution in [0.2, 0.25) is 0 Å². The number of rotatable bonds is 10. The summed E-state index contributed by atoms with van der Waals surface area (Å²) in [5.41, 5.74) is 2.53. The van der Waals surface area contributed by atoms with E-state index in [1.807, 2.05) is 61.6 Å². The maximum Gasteiger partial charge on any atom is 0.316 e. The van der Waals surface area contributed by atoms with Gasteiger partial charge in [0.2, 0.25) is 0 Å². The molecule has 1 N–H and O–H groups in total. The van der Waals surface area contributed by atoms with E-state index in [4.69, 9.17) is 9.15 Å². The Morgan fingerprint density at radius 2 is 1.90 bits per heavy atom. The van der Waals surface area contributed by atoms with Gasteiger partial charge in [-0.25, -0.2) is 4.98 Å². The highest BCUT2D eigenvalue weighted by Gasteiger charge is 2.11. The van der Waals surface area contributed by atoms with E-state index < -0.39 is 5.97 Å². The van der Waals surface area contributed by atoms with Crippen LogP contribution >= 0.6 is 11.8 Å². The van der Waals surface area contributed by atoms with Gasteiger partial charge in [0, 0.05) is 25.8 Å². The summed E-state index contributed by atoms with van der Waals surface area (Å²) in [6, 6.07) is 17.4. The summed E-state index contributed by atoms with van der Waals surface area (Å²) in [4.78, 5) is 30.0. The summed E-state index contributed by atoms with van der Waals surface area (Å²) in [5, 5.41) is 3.15. The van der Waals surface area contributed by atoms with Crippen LogP contribution in [0.25, 0.3) is 11.1 Å². The molecule has 0 saturated heterocycles. The Labute approximate surface area is 173 Å². The SMILES string of the molecule is CN(CCCNC(=O)COC(=O)CSc1nc2ccccc2o1)c1ccccc1. The molecular formula is C21H23N3O4S. The lowest BCUT2D eigenvalue weighted by atomic mass is 10.3. The molecule has 0 atom stereocenters. The number of fused-ring (bicyclic) bond motifs is 1. The van der Waals surface area contributed by atoms with Crippen LogP contribution in [0.5, 0.6) is 0 Å². The van der Waals surface area contributed by atoms with E-state index in [2.05, 4.69) is 15.2 Å². The largest absolute Gasteiger partial charge is 0.455 e. The monoisotopic (exact) mass is 413 g/mol. The highest BCUT2D eigenvalue weighted by molar-refractivity contribution is 7.99. The quantitative estimate of drug-likeness (QED) is 0.311. The van der Waals surface area contributed by atoms with Crippen molar-refractivity contribution in [3.05, 3.63) is 54.6 Å². The van der Waals surface area contributed by atoms with Crippen molar-refractivity contribution in [2.45, 2.75) is 11.6 Å². The van der Waals surface area contributed by atoms with Gasteiger partial charge in [0.15, 0.2) is 12.2 Å². The number of nitrogens with one attached hydrogen (secondary N) is 1. The Balaban J connectivity index is 1.28. The average Bonchev–Trinajstić information content (AvgIpc) is 3.17. The van der Waals surface area contributed by atoms with Crippen LogP contribution in [0, 0.1) is 0 Å². The molecule has 0 fully saturated rings. The minimum atomic E-state index is -0.490. The van der Waals surface area contributed by atoms with Gasteiger partial charge in [0.05, 0.1) is 0 Å². The number of nitrogens with zero attached hydrogens (tertiary/aromatic N) is 2. The van der Waals surface area contributed by atoms with Crippen LogP contribution in [0.3, 0.4) is 0 Å². The smallest absolute Gasteiger partial charge is 0.316 e. The Bertz CT molecular complexity index is 912. The van der Waals surface area contributed by atoms with Crippen LogP contribution in [0.1, 0.15) is 6.42 Å². The normalized spacial score (nSPS) is 10.7. The van der Waals surface area contributed by atoms with Crippen molar-refractivity contribution in [2.24, 2.45) is 0 Å². The number of carbonyl (C=O) groups excluding carboxylic acids is 2. The van der Waals surface area contributed by atoms with E-state index >= 15 is 0 Å². The van der Waals surface area contributed by atoms with Crippen LogP contribution in [0.4, 0.5) is 5.69 Å². The van der Waals surface area contributed by atoms with Gasteiger partial charge in [0.25, 0.3) is 11.1 Å². The van der Waals surface area contributed by atoms with E-state index in [1.54, 1.807) is 0 Å². The first-order valence-electron chi connectivity index (χ1n) is 9.29. The summed E-state index contributed by atoms with van der Waals surface area (Å²) in [6.45, 7) is 1.04. The van der Waals surface area contributed by atoms with Crippen molar-refractivity contribution < 1.29 is 18.7 Å². The molecule has 0 saturated carbocycles. The number of hydrogen-bond donors (Lipinski definition) is 1. The maximum atomic E-state index is 11.8. The molecule has 0 radical (unpaired) electrons. The first-order valence-corrected chi connectivity index (χ1v) is 10.3. The molecule has 0 aliphatic carbocycles. The number of oxazole rings is 1. The average molecular weight is 413 g/mol. The number of thioether (sulfide) groups is 1. The Morgan fingerprint density at radius 3 is 2.69 bits per heavy atom. The van der Waals surface area contributed by atoms with Crippen molar-refractivity contribution in [2.75, 3.05) is 37.4 Å². The predicted molar refractivity (Wildman–Crippen MR) is 113 cm³/mol. The molecule has 0 unspecified atom stereocenters. The lowest BCUT2D eigenvalue weighted by molar-refractivity contribution is -0.145. The van der Waals surface area contributed by atoms with E-state index in [9.17, 15) is 9.59 Å². The third-order valence-electron chi connectivity index (χ3n) is 4.14. The molecule has 1 amide bonds. The van der Waals surface area contributed by atoms with Crippen LogP contribution in [-0.4, -0.2) is 49.4 Å². The van der Waals surface area contributed by atoms with Gasteiger partial charge in [-0.3, -0.25) is 9.59 Å². The molecule has 2 aromatic carbocycles. The van der Waals surface area contributed by atoms with E-state index in [0.29, 0.717) is 17.4 Å². The second-order valence-electron chi connectivity index (χ2n) is 6.36. The zero-order chi connectivity index (χ0) is 20.5. The molecule has 152 valence electrons. The van der Waals surface area contributed by atoms with Crippen molar-refractivity contribution in [3.63, 3.8) is 0 Å². The number of benzene rings is 2. The van der Waals surface area contributed by atoms with Crippen molar-refractivity contribution >= 4 is 40.4 Å². The summed E-state index contributed by atoms with van der Waals surface area (Å²) < 4.78 is 10.5. The molecule has 0 aliphatic rings. The fraction of sp³-hybridized carbons (Fsp3) is 0.286. The third kappa shape index (κ3) is 6.53. The number of aromatic nitrogens is 1. The van der Waals surface area contributed by atoms with Gasteiger partial charge in [-0.15, -0.1) is 0 Å². The van der Waals surface area contributed by atoms with Crippen molar-refractivity contribution in [3.8, 4) is 0 Å². The van der Waals surface area contributed by atoms with Crippen LogP contribution < -0.4 is 10.2 Å². The number of amides is 1. The number of carbonyl (C=O) groups is 2. The van der Waals surface area contributed by atoms with Crippen LogP contribution in [-0.2, 0) is 14.3 Å². The molecule has 0 spiro atoms. The Morgan fingerprint density at radius 1 is 1.14 bits per heavy atom. The topological polar surface area (TPSA) is 84.7 Å². The lowest BCUT2D eigenvalue weighted by Gasteiger charge is -2.19. The van der Waals surface area contributed by atoms with E-state index in [0.717, 1.165) is 35.9 Å². The molecule has 7 nitrogen and oxygen atoms in total. The Hall–Kier alpha value is -3.00. The number of para-hydroxylation sites is 3. The third-order valence-corrected chi connectivity index (χ3v) is 4.94. The number of anilines is 1. The summed E-state index contributed by atoms with van der Waals surface area (Å²) in [6.07, 6.45) is 0.790. The summed E-state index contributed by atoms with van der Waals surface area (Å²) in [7, 11) is 2.01. The molecule has 1 aromatic heterocycles. The molecule has 0 aliphatic heterocycles. The van der Waals surface area contributed by atoms with Crippen molar-refractivity contribution in [1.29, 1.82) is 0 Å². The standard InChI is InChI=1S/C21H23N3O4S/c1-24(16-8-3-2-4-9-16)13-7-12-22-19(25)14-27-20(26)15-29-21-23-17-10-5-6-11-18(17)28-21/h2-6,8-11H,7,12-15H2,1H3,(H,22,25). The minimum Gasteiger partial charge on any atom is -0.455 e. The summed E-state index contributed by atoms with van der Waals surface area (Å²) in [5.74, 6) is -0.772. The summed E-state index contributed by atoms with van der Waals surface area (Å²) >= 11 is 1.14. The molecule has 3 rings (SSSR count). The van der Waals surface area contributed by atoms with Gasteiger partial charge >= 0.3 is 5.97 Å². The van der Waals surface area contributed by atoms with E-state index in [-0.39, 0.29) is 18.3 Å². The van der Waals surface area contributed by atoms with Gasteiger partial charge in [0.1, 0.15) is 11.3 Å². The molecule has 0 bridgehead atoms. The zero-order valence-corrected chi connectivity index (χ0v) is 17.0. The number of ether oxygens (including phenoxy) is 1. The van der Waals surface area contributed by atoms with E-state index in [1.165, 1.54) is 0 Å². The number of hydrogen-bond acceptors (Lipinski definition) is 7. The minimum absolute atomic E-state index is 0.0297. The fourth-order valence-corrected chi connectivity index (χ4v) is 3.26. The predicted octanol–water partition coefficient (Wildman–Crippen LogP) is 3.11. The second kappa shape index (κ2) is 10.5. The van der Waals surface area contributed by atoms with Crippen LogP contribution in [0.15, 0.2) is 64.2 Å². The molecule has 29 heavy (non-hydrogen) atoms. The fourth-order valence-electron chi connectivity index (χ4n) is 2.63. The Kier molecular flexibility index (Phi) is 7.52. The highest BCUT2D eigenvalue weighted by Crippen LogP contribution is 2.23. The maximum absolute atomic E-state index is 11.8. The van der Waals surface area contributed by atoms with Gasteiger partial charge in [-0.2, -0.15) is 0 Å². The second-order valence-corrected chi connectivity index (χ2v) is 7.28. The molecule has 1 heterocycles. The molecule has 8 heteroatoms. The lowest BCUT2D eigenvalue weighted by Crippen LogP contribution is -2.31. The highest BCUT2D eigenvalue weighted by atomic mass is 32.2. The zero-order valence-electron chi connectivity index (χ0n) is 16.2.